The number of hydrogen-bond acceptors (Lipinski definition) is 5. The van der Waals surface area contributed by atoms with Crippen molar-refractivity contribution in [3.8, 4) is 0 Å². The number of aromatic nitrogens is 2. The van der Waals surface area contributed by atoms with Crippen LogP contribution in [0.2, 0.25) is 0 Å². The van der Waals surface area contributed by atoms with Gasteiger partial charge in [-0.3, -0.25) is 20.0 Å². The fraction of sp³-hybridized carbons (Fsp3) is 0.636. The van der Waals surface area contributed by atoms with E-state index in [9.17, 15) is 14.9 Å². The molecule has 0 aliphatic heterocycles. The molecule has 2 atom stereocenters. The van der Waals surface area contributed by atoms with E-state index >= 15 is 0 Å². The molecule has 0 saturated heterocycles. The van der Waals surface area contributed by atoms with Gasteiger partial charge in [-0.25, -0.2) is 0 Å². The highest BCUT2D eigenvalue weighted by Gasteiger charge is 2.29. The number of H-pyrrole nitrogens is 1. The van der Waals surface area contributed by atoms with Crippen LogP contribution in [0.1, 0.15) is 36.7 Å². The predicted molar refractivity (Wildman–Crippen MR) is 72.3 cm³/mol. The van der Waals surface area contributed by atoms with Crippen LogP contribution >= 0.6 is 11.8 Å². The van der Waals surface area contributed by atoms with Crippen LogP contribution in [0.5, 0.6) is 0 Å². The highest BCUT2D eigenvalue weighted by molar-refractivity contribution is 7.99. The number of thioether (sulfide) groups is 1. The summed E-state index contributed by atoms with van der Waals surface area (Å²) in [5, 5.41) is 20.1. The first kappa shape index (κ1) is 13.9. The smallest absolute Gasteiger partial charge is 0.319 e. The maximum Gasteiger partial charge on any atom is 0.319 e. The van der Waals surface area contributed by atoms with Gasteiger partial charge < -0.3 is 5.32 Å². The highest BCUT2D eigenvalue weighted by Crippen LogP contribution is 2.30. The van der Waals surface area contributed by atoms with Crippen LogP contribution in [0.4, 0.5) is 5.69 Å². The molecule has 1 heterocycles. The Morgan fingerprint density at radius 3 is 3.16 bits per heavy atom. The van der Waals surface area contributed by atoms with Gasteiger partial charge in [-0.1, -0.05) is 6.92 Å². The number of carbonyl (C=O) groups excluding carboxylic acids is 1. The predicted octanol–water partition coefficient (Wildman–Crippen LogP) is 1.72. The van der Waals surface area contributed by atoms with E-state index < -0.39 is 10.8 Å². The number of carbonyl (C=O) groups is 1. The minimum atomic E-state index is -0.608. The molecule has 1 amide bonds. The molecule has 8 heteroatoms. The number of hydrogen-bond donors (Lipinski definition) is 2. The van der Waals surface area contributed by atoms with Crippen LogP contribution in [0.15, 0.2) is 6.20 Å². The van der Waals surface area contributed by atoms with Crippen molar-refractivity contribution in [3.63, 3.8) is 0 Å². The zero-order valence-corrected chi connectivity index (χ0v) is 11.4. The first-order chi connectivity index (χ1) is 9.11. The number of amides is 1. The summed E-state index contributed by atoms with van der Waals surface area (Å²) in [7, 11) is 0. The van der Waals surface area contributed by atoms with Crippen molar-refractivity contribution in [1.82, 2.24) is 15.5 Å². The van der Waals surface area contributed by atoms with Gasteiger partial charge in [0.15, 0.2) is 0 Å². The lowest BCUT2D eigenvalue weighted by Crippen LogP contribution is -2.33. The first-order valence-corrected chi connectivity index (χ1v) is 7.27. The lowest BCUT2D eigenvalue weighted by atomic mass is 10.2. The molecule has 1 saturated carbocycles. The molecule has 0 radical (unpaired) electrons. The number of rotatable bonds is 5. The van der Waals surface area contributed by atoms with Crippen LogP contribution in [-0.2, 0) is 0 Å². The Kier molecular flexibility index (Phi) is 4.41. The summed E-state index contributed by atoms with van der Waals surface area (Å²) in [4.78, 5) is 22.1. The van der Waals surface area contributed by atoms with Gasteiger partial charge in [0.1, 0.15) is 6.20 Å². The number of nitrogens with one attached hydrogen (secondary N) is 2. The molecule has 7 nitrogen and oxygen atoms in total. The quantitative estimate of drug-likeness (QED) is 0.633. The molecule has 1 aromatic rings. The third kappa shape index (κ3) is 3.25. The third-order valence-corrected chi connectivity index (χ3v) is 4.40. The van der Waals surface area contributed by atoms with Crippen molar-refractivity contribution < 1.29 is 9.72 Å². The zero-order valence-electron chi connectivity index (χ0n) is 10.6. The largest absolute Gasteiger partial charge is 0.348 e. The summed E-state index contributed by atoms with van der Waals surface area (Å²) < 4.78 is 0. The summed E-state index contributed by atoms with van der Waals surface area (Å²) in [5.41, 5.74) is -0.355. The molecular weight excluding hydrogens is 268 g/mol. The second-order valence-corrected chi connectivity index (χ2v) is 6.03. The summed E-state index contributed by atoms with van der Waals surface area (Å²) in [5.74, 6) is 0.619. The highest BCUT2D eigenvalue weighted by atomic mass is 32.2. The van der Waals surface area contributed by atoms with E-state index in [-0.39, 0.29) is 17.4 Å². The third-order valence-electron chi connectivity index (χ3n) is 3.17. The van der Waals surface area contributed by atoms with Gasteiger partial charge >= 0.3 is 5.69 Å². The molecule has 1 aromatic heterocycles. The monoisotopic (exact) mass is 284 g/mol. The number of nitro groups is 1. The fourth-order valence-corrected chi connectivity index (χ4v) is 3.44. The summed E-state index contributed by atoms with van der Waals surface area (Å²) >= 11 is 1.90. The van der Waals surface area contributed by atoms with E-state index in [0.717, 1.165) is 31.2 Å². The minimum absolute atomic E-state index is 0.0726. The summed E-state index contributed by atoms with van der Waals surface area (Å²) in [6.07, 6.45) is 3.98. The molecule has 1 aliphatic carbocycles. The molecule has 1 fully saturated rings. The van der Waals surface area contributed by atoms with Gasteiger partial charge in [0.2, 0.25) is 5.69 Å². The van der Waals surface area contributed by atoms with Gasteiger partial charge in [0.05, 0.1) is 4.92 Å². The maximum absolute atomic E-state index is 12.0. The minimum Gasteiger partial charge on any atom is -0.348 e. The molecule has 2 unspecified atom stereocenters. The van der Waals surface area contributed by atoms with Gasteiger partial charge in [-0.15, -0.1) is 0 Å². The normalized spacial score (nSPS) is 22.4. The van der Waals surface area contributed by atoms with Crippen molar-refractivity contribution in [3.05, 3.63) is 22.0 Å². The molecule has 2 rings (SSSR count). The standard InChI is InChI=1S/C11H16N4O3S/c1-2-19-8-4-3-7(5-8)13-11(16)10-9(15(17)18)6-12-14-10/h6-8H,2-5H2,1H3,(H,12,14)(H,13,16). The average Bonchev–Trinajstić information content (AvgIpc) is 2.98. The molecule has 0 bridgehead atoms. The lowest BCUT2D eigenvalue weighted by molar-refractivity contribution is -0.385. The average molecular weight is 284 g/mol. The van der Waals surface area contributed by atoms with Crippen LogP contribution in [0.25, 0.3) is 0 Å². The van der Waals surface area contributed by atoms with Crippen LogP contribution < -0.4 is 5.32 Å². The lowest BCUT2D eigenvalue weighted by Gasteiger charge is -2.12. The summed E-state index contributed by atoms with van der Waals surface area (Å²) in [6.45, 7) is 2.12. The van der Waals surface area contributed by atoms with Crippen molar-refractivity contribution in [2.75, 3.05) is 5.75 Å². The SMILES string of the molecule is CCSC1CCC(NC(=O)c2[nH]ncc2[N+](=O)[O-])C1. The van der Waals surface area contributed by atoms with E-state index in [1.807, 2.05) is 11.8 Å². The van der Waals surface area contributed by atoms with Crippen molar-refractivity contribution in [2.45, 2.75) is 37.5 Å². The Morgan fingerprint density at radius 2 is 2.47 bits per heavy atom. The number of aromatic amines is 1. The van der Waals surface area contributed by atoms with E-state index in [2.05, 4.69) is 22.4 Å². The summed E-state index contributed by atoms with van der Waals surface area (Å²) in [6, 6.07) is 0.0967. The molecule has 1 aliphatic rings. The van der Waals surface area contributed by atoms with Crippen LogP contribution in [0.3, 0.4) is 0 Å². The van der Waals surface area contributed by atoms with Gasteiger partial charge in [0, 0.05) is 11.3 Å². The first-order valence-electron chi connectivity index (χ1n) is 6.22. The second kappa shape index (κ2) is 6.05. The molecule has 104 valence electrons. The topological polar surface area (TPSA) is 101 Å². The Balaban J connectivity index is 1.95. The molecule has 0 aromatic carbocycles. The molecule has 0 spiro atoms. The number of nitrogens with zero attached hydrogens (tertiary/aromatic N) is 2. The van der Waals surface area contributed by atoms with Crippen molar-refractivity contribution >= 4 is 23.4 Å². The van der Waals surface area contributed by atoms with E-state index in [1.54, 1.807) is 0 Å². The fourth-order valence-electron chi connectivity index (χ4n) is 2.30. The molecular formula is C11H16N4O3S. The Morgan fingerprint density at radius 1 is 1.68 bits per heavy atom. The van der Waals surface area contributed by atoms with Gasteiger partial charge in [-0.05, 0) is 25.0 Å². The Labute approximate surface area is 114 Å². The van der Waals surface area contributed by atoms with E-state index in [0.29, 0.717) is 5.25 Å². The van der Waals surface area contributed by atoms with Gasteiger partial charge in [0.25, 0.3) is 5.91 Å². The van der Waals surface area contributed by atoms with E-state index in [4.69, 9.17) is 0 Å². The Hall–Kier alpha value is -1.57. The second-order valence-electron chi connectivity index (χ2n) is 4.45. The van der Waals surface area contributed by atoms with Crippen molar-refractivity contribution in [1.29, 1.82) is 0 Å². The van der Waals surface area contributed by atoms with Gasteiger partial charge in [-0.2, -0.15) is 16.9 Å². The Bertz CT molecular complexity index is 476. The molecule has 2 N–H and O–H groups in total. The van der Waals surface area contributed by atoms with Crippen LogP contribution in [0, 0.1) is 10.1 Å². The maximum atomic E-state index is 12.0. The molecule has 19 heavy (non-hydrogen) atoms. The van der Waals surface area contributed by atoms with Crippen molar-refractivity contribution in [2.24, 2.45) is 0 Å². The van der Waals surface area contributed by atoms with E-state index in [1.165, 1.54) is 0 Å². The zero-order chi connectivity index (χ0) is 13.8. The van der Waals surface area contributed by atoms with Crippen LogP contribution in [-0.4, -0.2) is 38.1 Å².